The van der Waals surface area contributed by atoms with E-state index in [0.29, 0.717) is 24.4 Å². The Balaban J connectivity index is 1.58. The summed E-state index contributed by atoms with van der Waals surface area (Å²) in [6, 6.07) is 13.3. The van der Waals surface area contributed by atoms with Crippen LogP contribution in [0.4, 0.5) is 10.1 Å². The van der Waals surface area contributed by atoms with Crippen molar-refractivity contribution in [3.63, 3.8) is 0 Å². The van der Waals surface area contributed by atoms with Gasteiger partial charge in [0.1, 0.15) is 18.2 Å². The smallest absolute Gasteiger partial charge is 0.228 e. The van der Waals surface area contributed by atoms with Crippen LogP contribution in [-0.4, -0.2) is 25.0 Å². The normalized spacial score (nSPS) is 16.0. The molecule has 5 nitrogen and oxygen atoms in total. The Hall–Kier alpha value is -2.89. The first-order valence-corrected chi connectivity index (χ1v) is 7.68. The highest BCUT2D eigenvalue weighted by molar-refractivity contribution is 6.01. The van der Waals surface area contributed by atoms with Gasteiger partial charge in [-0.2, -0.15) is 0 Å². The van der Waals surface area contributed by atoms with Crippen LogP contribution in [-0.2, 0) is 9.59 Å². The zero-order valence-electron chi connectivity index (χ0n) is 12.9. The van der Waals surface area contributed by atoms with E-state index in [4.69, 9.17) is 4.74 Å². The fraction of sp³-hybridized carbons (Fsp3) is 0.222. The van der Waals surface area contributed by atoms with E-state index >= 15 is 0 Å². The number of amides is 2. The number of rotatable bonds is 5. The minimum atomic E-state index is -0.619. The van der Waals surface area contributed by atoms with Crippen LogP contribution in [0.15, 0.2) is 48.5 Å². The summed E-state index contributed by atoms with van der Waals surface area (Å²) in [5, 5.41) is 5.35. The first kappa shape index (κ1) is 16.0. The molecule has 0 bridgehead atoms. The lowest BCUT2D eigenvalue weighted by Gasteiger charge is -2.24. The lowest BCUT2D eigenvalue weighted by Crippen LogP contribution is -2.36. The van der Waals surface area contributed by atoms with E-state index in [1.54, 1.807) is 0 Å². The summed E-state index contributed by atoms with van der Waals surface area (Å²) in [5.74, 6) is -0.912. The SMILES string of the molecule is O=C1C[C@@H](C(=O)NCCOc2ccccc2)c2ccc(F)cc2N1. The lowest BCUT2D eigenvalue weighted by molar-refractivity contribution is -0.126. The summed E-state index contributed by atoms with van der Waals surface area (Å²) in [4.78, 5) is 24.1. The highest BCUT2D eigenvalue weighted by Gasteiger charge is 2.30. The Morgan fingerprint density at radius 1 is 1.25 bits per heavy atom. The van der Waals surface area contributed by atoms with Crippen molar-refractivity contribution in [2.24, 2.45) is 0 Å². The minimum absolute atomic E-state index is 0.0456. The molecule has 6 heteroatoms. The number of hydrogen-bond donors (Lipinski definition) is 2. The second-order valence-corrected chi connectivity index (χ2v) is 5.49. The van der Waals surface area contributed by atoms with Crippen molar-refractivity contribution >= 4 is 17.5 Å². The topological polar surface area (TPSA) is 67.4 Å². The number of ether oxygens (including phenoxy) is 1. The molecule has 0 aliphatic carbocycles. The molecule has 1 aliphatic heterocycles. The maximum absolute atomic E-state index is 13.3. The molecule has 0 saturated heterocycles. The Kier molecular flexibility index (Phi) is 4.74. The van der Waals surface area contributed by atoms with Gasteiger partial charge in [-0.05, 0) is 29.8 Å². The van der Waals surface area contributed by atoms with Crippen LogP contribution in [0, 0.1) is 5.82 Å². The van der Waals surface area contributed by atoms with E-state index in [2.05, 4.69) is 10.6 Å². The molecule has 1 atom stereocenters. The van der Waals surface area contributed by atoms with E-state index < -0.39 is 11.7 Å². The van der Waals surface area contributed by atoms with Crippen LogP contribution in [0.2, 0.25) is 0 Å². The zero-order chi connectivity index (χ0) is 16.9. The van der Waals surface area contributed by atoms with Gasteiger partial charge in [-0.3, -0.25) is 9.59 Å². The summed E-state index contributed by atoms with van der Waals surface area (Å²) < 4.78 is 18.8. The van der Waals surface area contributed by atoms with Gasteiger partial charge in [0.25, 0.3) is 0 Å². The van der Waals surface area contributed by atoms with Gasteiger partial charge in [-0.25, -0.2) is 4.39 Å². The van der Waals surface area contributed by atoms with Gasteiger partial charge in [0.2, 0.25) is 11.8 Å². The average molecular weight is 328 g/mol. The highest BCUT2D eigenvalue weighted by atomic mass is 19.1. The summed E-state index contributed by atoms with van der Waals surface area (Å²) in [6.07, 6.45) is 0.0456. The zero-order valence-corrected chi connectivity index (χ0v) is 12.9. The van der Waals surface area contributed by atoms with Gasteiger partial charge >= 0.3 is 0 Å². The number of para-hydroxylation sites is 1. The monoisotopic (exact) mass is 328 g/mol. The molecule has 2 aromatic rings. The molecule has 0 spiro atoms. The number of fused-ring (bicyclic) bond motifs is 1. The molecule has 0 unspecified atom stereocenters. The third-order valence-electron chi connectivity index (χ3n) is 3.78. The molecule has 0 radical (unpaired) electrons. The number of carbonyl (C=O) groups is 2. The highest BCUT2D eigenvalue weighted by Crippen LogP contribution is 2.32. The van der Waals surface area contributed by atoms with E-state index in [9.17, 15) is 14.0 Å². The first-order valence-electron chi connectivity index (χ1n) is 7.68. The van der Waals surface area contributed by atoms with Crippen molar-refractivity contribution in [3.05, 3.63) is 59.9 Å². The average Bonchev–Trinajstić information content (AvgIpc) is 2.58. The molecule has 2 N–H and O–H groups in total. The second-order valence-electron chi connectivity index (χ2n) is 5.49. The summed E-state index contributed by atoms with van der Waals surface area (Å²) in [7, 11) is 0. The Bertz CT molecular complexity index is 749. The van der Waals surface area contributed by atoms with E-state index in [1.165, 1.54) is 18.2 Å². The lowest BCUT2D eigenvalue weighted by atomic mass is 9.90. The largest absolute Gasteiger partial charge is 0.492 e. The molecule has 3 rings (SSSR count). The maximum Gasteiger partial charge on any atom is 0.228 e. The van der Waals surface area contributed by atoms with Gasteiger partial charge in [0.05, 0.1) is 12.5 Å². The van der Waals surface area contributed by atoms with E-state index in [0.717, 1.165) is 5.75 Å². The molecule has 1 aliphatic rings. The standard InChI is InChI=1S/C18H17FN2O3/c19-12-6-7-14-15(11-17(22)21-16(14)10-12)18(23)20-8-9-24-13-4-2-1-3-5-13/h1-7,10,15H,8-9,11H2,(H,20,23)(H,21,22)/t15-/m1/s1. The van der Waals surface area contributed by atoms with Gasteiger partial charge in [0, 0.05) is 12.1 Å². The Morgan fingerprint density at radius 2 is 2.04 bits per heavy atom. The molecule has 2 aromatic carbocycles. The van der Waals surface area contributed by atoms with Gasteiger partial charge < -0.3 is 15.4 Å². The van der Waals surface area contributed by atoms with Crippen molar-refractivity contribution in [3.8, 4) is 5.75 Å². The Labute approximate surface area is 138 Å². The van der Waals surface area contributed by atoms with Gasteiger partial charge in [-0.15, -0.1) is 0 Å². The third kappa shape index (κ3) is 3.71. The molecule has 2 amide bonds. The number of benzene rings is 2. The van der Waals surface area contributed by atoms with Crippen LogP contribution in [0.3, 0.4) is 0 Å². The quantitative estimate of drug-likeness (QED) is 0.829. The van der Waals surface area contributed by atoms with Crippen LogP contribution >= 0.6 is 0 Å². The molecular formula is C18H17FN2O3. The predicted molar refractivity (Wildman–Crippen MR) is 87.3 cm³/mol. The summed E-state index contributed by atoms with van der Waals surface area (Å²) in [5.41, 5.74) is 0.976. The Morgan fingerprint density at radius 3 is 2.83 bits per heavy atom. The van der Waals surface area contributed by atoms with Crippen LogP contribution in [0.5, 0.6) is 5.75 Å². The van der Waals surface area contributed by atoms with Crippen molar-refractivity contribution < 1.29 is 18.7 Å². The van der Waals surface area contributed by atoms with E-state index in [-0.39, 0.29) is 18.2 Å². The van der Waals surface area contributed by atoms with Gasteiger partial charge in [-0.1, -0.05) is 24.3 Å². The minimum Gasteiger partial charge on any atom is -0.492 e. The maximum atomic E-state index is 13.3. The number of hydrogen-bond acceptors (Lipinski definition) is 3. The second kappa shape index (κ2) is 7.12. The van der Waals surface area contributed by atoms with Gasteiger partial charge in [0.15, 0.2) is 0 Å². The molecule has 0 fully saturated rings. The third-order valence-corrected chi connectivity index (χ3v) is 3.78. The van der Waals surface area contributed by atoms with Crippen molar-refractivity contribution in [2.75, 3.05) is 18.5 Å². The van der Waals surface area contributed by atoms with Crippen LogP contribution in [0.25, 0.3) is 0 Å². The summed E-state index contributed by atoms with van der Waals surface area (Å²) >= 11 is 0. The predicted octanol–water partition coefficient (Wildman–Crippen LogP) is 2.45. The van der Waals surface area contributed by atoms with Crippen LogP contribution in [0.1, 0.15) is 17.9 Å². The summed E-state index contributed by atoms with van der Waals surface area (Å²) in [6.45, 7) is 0.646. The number of anilines is 1. The molecular weight excluding hydrogens is 311 g/mol. The van der Waals surface area contributed by atoms with Crippen molar-refractivity contribution in [1.29, 1.82) is 0 Å². The van der Waals surface area contributed by atoms with Crippen molar-refractivity contribution in [1.82, 2.24) is 5.32 Å². The first-order chi connectivity index (χ1) is 11.6. The molecule has 24 heavy (non-hydrogen) atoms. The molecule has 124 valence electrons. The molecule has 0 saturated carbocycles. The number of nitrogens with one attached hydrogen (secondary N) is 2. The van der Waals surface area contributed by atoms with Crippen LogP contribution < -0.4 is 15.4 Å². The fourth-order valence-corrected chi connectivity index (χ4v) is 2.65. The van der Waals surface area contributed by atoms with Crippen molar-refractivity contribution in [2.45, 2.75) is 12.3 Å². The fourth-order valence-electron chi connectivity index (χ4n) is 2.65. The molecule has 0 aromatic heterocycles. The number of carbonyl (C=O) groups excluding carboxylic acids is 2. The number of halogens is 1. The molecule has 1 heterocycles. The van der Waals surface area contributed by atoms with E-state index in [1.807, 2.05) is 30.3 Å².